The Bertz CT molecular complexity index is 268. The molecule has 1 rings (SSSR count). The first-order valence-electron chi connectivity index (χ1n) is 3.43. The summed E-state index contributed by atoms with van der Waals surface area (Å²) in [5, 5.41) is 9.36. The van der Waals surface area contributed by atoms with Gasteiger partial charge in [0.05, 0.1) is 5.69 Å². The Morgan fingerprint density at radius 1 is 1.55 bits per heavy atom. The molecule has 0 aliphatic heterocycles. The van der Waals surface area contributed by atoms with Crippen LogP contribution in [0.2, 0.25) is 0 Å². The number of allylic oxidation sites excluding steroid dienone is 1. The molecule has 0 saturated heterocycles. The van der Waals surface area contributed by atoms with Gasteiger partial charge in [0.15, 0.2) is 0 Å². The molecular formula is C9H11NO. The zero-order valence-corrected chi connectivity index (χ0v) is 6.25. The molecule has 0 bridgehead atoms. The van der Waals surface area contributed by atoms with Crippen LogP contribution in [0.4, 0.5) is 5.69 Å². The molecular weight excluding hydrogens is 138 g/mol. The maximum Gasteiger partial charge on any atom is 0.141 e. The first-order chi connectivity index (χ1) is 5.25. The molecule has 1 aromatic carbocycles. The Morgan fingerprint density at radius 2 is 2.27 bits per heavy atom. The van der Waals surface area contributed by atoms with E-state index in [1.165, 1.54) is 0 Å². The van der Waals surface area contributed by atoms with Crippen LogP contribution in [-0.4, -0.2) is 5.11 Å². The summed E-state index contributed by atoms with van der Waals surface area (Å²) >= 11 is 0. The number of benzene rings is 1. The van der Waals surface area contributed by atoms with Gasteiger partial charge in [0.25, 0.3) is 0 Å². The molecule has 0 radical (unpaired) electrons. The third-order valence-electron chi connectivity index (χ3n) is 1.52. The molecule has 11 heavy (non-hydrogen) atoms. The molecule has 0 aromatic heterocycles. The van der Waals surface area contributed by atoms with E-state index in [-0.39, 0.29) is 5.75 Å². The van der Waals surface area contributed by atoms with E-state index in [1.807, 2.05) is 12.1 Å². The van der Waals surface area contributed by atoms with Gasteiger partial charge < -0.3 is 10.8 Å². The van der Waals surface area contributed by atoms with Gasteiger partial charge >= 0.3 is 0 Å². The normalized spacial score (nSPS) is 9.45. The van der Waals surface area contributed by atoms with Crippen LogP contribution < -0.4 is 5.73 Å². The van der Waals surface area contributed by atoms with Crippen molar-refractivity contribution < 1.29 is 5.11 Å². The molecule has 0 spiro atoms. The van der Waals surface area contributed by atoms with Gasteiger partial charge in [-0.05, 0) is 18.1 Å². The summed E-state index contributed by atoms with van der Waals surface area (Å²) in [6, 6.07) is 5.31. The Hall–Kier alpha value is -1.44. The number of phenols is 1. The maximum atomic E-state index is 9.36. The summed E-state index contributed by atoms with van der Waals surface area (Å²) < 4.78 is 0. The topological polar surface area (TPSA) is 46.2 Å². The summed E-state index contributed by atoms with van der Waals surface area (Å²) in [5.41, 5.74) is 6.71. The first kappa shape index (κ1) is 7.66. The van der Waals surface area contributed by atoms with Gasteiger partial charge in [-0.2, -0.15) is 0 Å². The quantitative estimate of drug-likeness (QED) is 0.382. The van der Waals surface area contributed by atoms with Crippen LogP contribution in [0.5, 0.6) is 5.75 Å². The lowest BCUT2D eigenvalue weighted by molar-refractivity contribution is 0.472. The zero-order chi connectivity index (χ0) is 8.27. The molecule has 0 aliphatic rings. The number of hydrogen-bond acceptors (Lipinski definition) is 2. The number of para-hydroxylation sites is 1. The van der Waals surface area contributed by atoms with Crippen molar-refractivity contribution in [1.82, 2.24) is 0 Å². The standard InChI is InChI=1S/C9H11NO/c1-2-4-7-5-3-6-8(10)9(7)11/h2-3,5-6,11H,1,4,10H2. The number of hydrogen-bond donors (Lipinski definition) is 2. The van der Waals surface area contributed by atoms with Crippen molar-refractivity contribution >= 4 is 5.69 Å². The van der Waals surface area contributed by atoms with Gasteiger partial charge in [0.2, 0.25) is 0 Å². The summed E-state index contributed by atoms with van der Waals surface area (Å²) in [4.78, 5) is 0. The number of rotatable bonds is 2. The second-order valence-electron chi connectivity index (χ2n) is 2.35. The highest BCUT2D eigenvalue weighted by Crippen LogP contribution is 2.24. The molecule has 0 atom stereocenters. The molecule has 2 nitrogen and oxygen atoms in total. The van der Waals surface area contributed by atoms with Crippen LogP contribution in [0.15, 0.2) is 30.9 Å². The third kappa shape index (κ3) is 1.52. The lowest BCUT2D eigenvalue weighted by Gasteiger charge is -2.02. The van der Waals surface area contributed by atoms with E-state index in [0.29, 0.717) is 12.1 Å². The van der Waals surface area contributed by atoms with Crippen molar-refractivity contribution in [2.45, 2.75) is 6.42 Å². The van der Waals surface area contributed by atoms with E-state index in [9.17, 15) is 5.11 Å². The van der Waals surface area contributed by atoms with E-state index in [2.05, 4.69) is 6.58 Å². The lowest BCUT2D eigenvalue weighted by Crippen LogP contribution is -1.89. The first-order valence-corrected chi connectivity index (χ1v) is 3.43. The molecule has 2 heteroatoms. The molecule has 0 fully saturated rings. The average molecular weight is 149 g/mol. The predicted octanol–water partition coefficient (Wildman–Crippen LogP) is 1.70. The highest BCUT2D eigenvalue weighted by atomic mass is 16.3. The molecule has 0 unspecified atom stereocenters. The Balaban J connectivity index is 3.05. The van der Waals surface area contributed by atoms with Crippen LogP contribution in [0, 0.1) is 0 Å². The average Bonchev–Trinajstić information content (AvgIpc) is 1.99. The highest BCUT2D eigenvalue weighted by Gasteiger charge is 2.00. The largest absolute Gasteiger partial charge is 0.505 e. The minimum absolute atomic E-state index is 0.174. The molecule has 1 aromatic rings. The van der Waals surface area contributed by atoms with Crippen molar-refractivity contribution in [1.29, 1.82) is 0 Å². The smallest absolute Gasteiger partial charge is 0.141 e. The minimum atomic E-state index is 0.174. The number of nitrogen functional groups attached to an aromatic ring is 1. The van der Waals surface area contributed by atoms with E-state index in [0.717, 1.165) is 5.56 Å². The fourth-order valence-electron chi connectivity index (χ4n) is 0.931. The van der Waals surface area contributed by atoms with Crippen LogP contribution in [0.1, 0.15) is 5.56 Å². The fourth-order valence-corrected chi connectivity index (χ4v) is 0.931. The van der Waals surface area contributed by atoms with E-state index >= 15 is 0 Å². The van der Waals surface area contributed by atoms with Gasteiger partial charge in [0.1, 0.15) is 5.75 Å². The summed E-state index contributed by atoms with van der Waals surface area (Å²) in [6.07, 6.45) is 2.38. The molecule has 0 heterocycles. The zero-order valence-electron chi connectivity index (χ0n) is 6.25. The Labute approximate surface area is 66.0 Å². The van der Waals surface area contributed by atoms with Crippen molar-refractivity contribution in [2.24, 2.45) is 0 Å². The lowest BCUT2D eigenvalue weighted by atomic mass is 10.1. The molecule has 0 amide bonds. The SMILES string of the molecule is C=CCc1cccc(N)c1O. The van der Waals surface area contributed by atoms with E-state index < -0.39 is 0 Å². The van der Waals surface area contributed by atoms with Crippen LogP contribution in [-0.2, 0) is 6.42 Å². The second-order valence-corrected chi connectivity index (χ2v) is 2.35. The van der Waals surface area contributed by atoms with Gasteiger partial charge in [-0.15, -0.1) is 6.58 Å². The summed E-state index contributed by atoms with van der Waals surface area (Å²) in [6.45, 7) is 3.57. The molecule has 0 aliphatic carbocycles. The second kappa shape index (κ2) is 3.10. The van der Waals surface area contributed by atoms with Crippen LogP contribution in [0.25, 0.3) is 0 Å². The van der Waals surface area contributed by atoms with Crippen molar-refractivity contribution in [2.75, 3.05) is 5.73 Å². The summed E-state index contributed by atoms with van der Waals surface area (Å²) in [7, 11) is 0. The fraction of sp³-hybridized carbons (Fsp3) is 0.111. The monoisotopic (exact) mass is 149 g/mol. The minimum Gasteiger partial charge on any atom is -0.505 e. The number of phenolic OH excluding ortho intramolecular Hbond substituents is 1. The number of anilines is 1. The van der Waals surface area contributed by atoms with E-state index in [4.69, 9.17) is 5.73 Å². The number of nitrogens with two attached hydrogens (primary N) is 1. The predicted molar refractivity (Wildman–Crippen MR) is 46.4 cm³/mol. The number of aromatic hydroxyl groups is 1. The molecule has 58 valence electrons. The Kier molecular flexibility index (Phi) is 2.16. The van der Waals surface area contributed by atoms with Crippen molar-refractivity contribution in [3.05, 3.63) is 36.4 Å². The summed E-state index contributed by atoms with van der Waals surface area (Å²) in [5.74, 6) is 0.174. The van der Waals surface area contributed by atoms with Gasteiger partial charge in [-0.1, -0.05) is 18.2 Å². The van der Waals surface area contributed by atoms with Crippen molar-refractivity contribution in [3.63, 3.8) is 0 Å². The van der Waals surface area contributed by atoms with E-state index in [1.54, 1.807) is 12.1 Å². The van der Waals surface area contributed by atoms with Crippen LogP contribution >= 0.6 is 0 Å². The highest BCUT2D eigenvalue weighted by molar-refractivity contribution is 5.55. The van der Waals surface area contributed by atoms with Gasteiger partial charge in [-0.3, -0.25) is 0 Å². The van der Waals surface area contributed by atoms with Gasteiger partial charge in [0, 0.05) is 0 Å². The maximum absolute atomic E-state index is 9.36. The Morgan fingerprint density at radius 3 is 2.91 bits per heavy atom. The molecule has 3 N–H and O–H groups in total. The molecule has 0 saturated carbocycles. The van der Waals surface area contributed by atoms with Crippen LogP contribution in [0.3, 0.4) is 0 Å². The third-order valence-corrected chi connectivity index (χ3v) is 1.52. The van der Waals surface area contributed by atoms with Crippen molar-refractivity contribution in [3.8, 4) is 5.75 Å². The van der Waals surface area contributed by atoms with Gasteiger partial charge in [-0.25, -0.2) is 0 Å².